The second kappa shape index (κ2) is 8.10. The van der Waals surface area contributed by atoms with Crippen molar-refractivity contribution in [2.45, 2.75) is 44.7 Å². The van der Waals surface area contributed by atoms with E-state index in [1.165, 1.54) is 4.90 Å². The number of ether oxygens (including phenoxy) is 1. The highest BCUT2D eigenvalue weighted by Crippen LogP contribution is 2.34. The van der Waals surface area contributed by atoms with E-state index in [0.717, 1.165) is 29.8 Å². The van der Waals surface area contributed by atoms with Crippen LogP contribution in [0, 0.1) is 5.41 Å². The molecule has 5 rings (SSSR count). The lowest BCUT2D eigenvalue weighted by Gasteiger charge is -2.34. The van der Waals surface area contributed by atoms with Crippen molar-refractivity contribution in [3.8, 4) is 5.69 Å². The van der Waals surface area contributed by atoms with Gasteiger partial charge >= 0.3 is 0 Å². The second-order valence-corrected chi connectivity index (χ2v) is 8.84. The Kier molecular flexibility index (Phi) is 5.26. The van der Waals surface area contributed by atoms with Crippen molar-refractivity contribution in [3.63, 3.8) is 0 Å². The van der Waals surface area contributed by atoms with E-state index >= 15 is 0 Å². The van der Waals surface area contributed by atoms with E-state index in [4.69, 9.17) is 4.74 Å². The maximum absolute atomic E-state index is 12.9. The number of rotatable bonds is 5. The van der Waals surface area contributed by atoms with Crippen molar-refractivity contribution >= 4 is 17.7 Å². The first kappa shape index (κ1) is 20.8. The molecular weight excluding hydrogens is 414 g/mol. The fourth-order valence-electron chi connectivity index (χ4n) is 4.79. The van der Waals surface area contributed by atoms with E-state index in [1.807, 2.05) is 12.3 Å². The number of aromatic nitrogens is 3. The standard InChI is InChI=1S/C22H25N5O5/c28-13-22(5-7-32-8-6-22)10-15-12-27(25-24-15)16-1-2-17-14(9-16)11-26(21(17)31)18-3-4-19(29)23-20(18)30/h1-2,9,12,18,28H,3-8,10-11,13H2,(H,23,29,30). The number of amides is 3. The molecule has 2 aromatic rings. The Morgan fingerprint density at radius 1 is 1.22 bits per heavy atom. The van der Waals surface area contributed by atoms with Gasteiger partial charge in [-0.1, -0.05) is 5.21 Å². The lowest BCUT2D eigenvalue weighted by molar-refractivity contribution is -0.136. The zero-order valence-electron chi connectivity index (χ0n) is 17.6. The second-order valence-electron chi connectivity index (χ2n) is 8.84. The Hall–Kier alpha value is -3.11. The van der Waals surface area contributed by atoms with Crippen LogP contribution in [0.2, 0.25) is 0 Å². The largest absolute Gasteiger partial charge is 0.396 e. The predicted octanol–water partition coefficient (Wildman–Crippen LogP) is 0.360. The summed E-state index contributed by atoms with van der Waals surface area (Å²) in [7, 11) is 0. The number of hydrogen-bond acceptors (Lipinski definition) is 7. The summed E-state index contributed by atoms with van der Waals surface area (Å²) >= 11 is 0. The van der Waals surface area contributed by atoms with Crippen molar-refractivity contribution in [2.75, 3.05) is 19.8 Å². The molecule has 2 fully saturated rings. The highest BCUT2D eigenvalue weighted by molar-refractivity contribution is 6.05. The van der Waals surface area contributed by atoms with E-state index in [0.29, 0.717) is 38.2 Å². The Labute approximate surface area is 184 Å². The van der Waals surface area contributed by atoms with Crippen LogP contribution >= 0.6 is 0 Å². The normalized spacial score (nSPS) is 22.7. The number of piperidine rings is 1. The van der Waals surface area contributed by atoms with Gasteiger partial charge in [-0.3, -0.25) is 19.7 Å². The molecule has 2 saturated heterocycles. The topological polar surface area (TPSA) is 127 Å². The number of imide groups is 1. The monoisotopic (exact) mass is 439 g/mol. The molecule has 0 bridgehead atoms. The molecule has 2 N–H and O–H groups in total. The molecule has 168 valence electrons. The highest BCUT2D eigenvalue weighted by Gasteiger charge is 2.39. The van der Waals surface area contributed by atoms with Gasteiger partial charge in [-0.2, -0.15) is 0 Å². The van der Waals surface area contributed by atoms with Crippen LogP contribution in [0.25, 0.3) is 5.69 Å². The number of benzene rings is 1. The molecule has 1 unspecified atom stereocenters. The molecule has 1 aromatic heterocycles. The van der Waals surface area contributed by atoms with Crippen LogP contribution in [-0.4, -0.2) is 68.6 Å². The van der Waals surface area contributed by atoms with Crippen LogP contribution in [0.15, 0.2) is 24.4 Å². The minimum Gasteiger partial charge on any atom is -0.396 e. The van der Waals surface area contributed by atoms with Crippen LogP contribution in [0.4, 0.5) is 0 Å². The number of fused-ring (bicyclic) bond motifs is 1. The van der Waals surface area contributed by atoms with Crippen LogP contribution in [-0.2, 0) is 27.3 Å². The Balaban J connectivity index is 1.33. The fraction of sp³-hybridized carbons (Fsp3) is 0.500. The van der Waals surface area contributed by atoms with Gasteiger partial charge < -0.3 is 14.7 Å². The minimum atomic E-state index is -0.636. The number of carbonyl (C=O) groups is 3. The number of hydrogen-bond donors (Lipinski definition) is 2. The van der Waals surface area contributed by atoms with Gasteiger partial charge in [0, 0.05) is 50.2 Å². The van der Waals surface area contributed by atoms with Crippen LogP contribution in [0.3, 0.4) is 0 Å². The molecule has 4 heterocycles. The van der Waals surface area contributed by atoms with Crippen LogP contribution < -0.4 is 5.32 Å². The maximum atomic E-state index is 12.9. The van der Waals surface area contributed by atoms with E-state index in [1.54, 1.807) is 16.8 Å². The Morgan fingerprint density at radius 2 is 2.03 bits per heavy atom. The summed E-state index contributed by atoms with van der Waals surface area (Å²) in [5.41, 5.74) is 2.70. The van der Waals surface area contributed by atoms with E-state index in [2.05, 4.69) is 15.6 Å². The van der Waals surface area contributed by atoms with Gasteiger partial charge in [0.25, 0.3) is 5.91 Å². The molecule has 32 heavy (non-hydrogen) atoms. The predicted molar refractivity (Wildman–Crippen MR) is 111 cm³/mol. The molecule has 0 radical (unpaired) electrons. The van der Waals surface area contributed by atoms with Gasteiger partial charge in [-0.05, 0) is 43.0 Å². The van der Waals surface area contributed by atoms with Gasteiger partial charge in [0.2, 0.25) is 11.8 Å². The van der Waals surface area contributed by atoms with Gasteiger partial charge in [0.1, 0.15) is 6.04 Å². The smallest absolute Gasteiger partial charge is 0.255 e. The first-order valence-corrected chi connectivity index (χ1v) is 10.9. The maximum Gasteiger partial charge on any atom is 0.255 e. The number of carbonyl (C=O) groups excluding carboxylic acids is 3. The first-order valence-electron chi connectivity index (χ1n) is 10.9. The van der Waals surface area contributed by atoms with E-state index in [-0.39, 0.29) is 30.3 Å². The summed E-state index contributed by atoms with van der Waals surface area (Å²) in [6.45, 7) is 1.66. The van der Waals surface area contributed by atoms with Gasteiger partial charge in [-0.15, -0.1) is 5.10 Å². The molecule has 1 aromatic carbocycles. The van der Waals surface area contributed by atoms with Crippen molar-refractivity contribution < 1.29 is 24.2 Å². The van der Waals surface area contributed by atoms with Gasteiger partial charge in [0.05, 0.1) is 17.6 Å². The van der Waals surface area contributed by atoms with Crippen LogP contribution in [0.5, 0.6) is 0 Å². The third-order valence-corrected chi connectivity index (χ3v) is 6.76. The molecule has 10 nitrogen and oxygen atoms in total. The summed E-state index contributed by atoms with van der Waals surface area (Å²) in [5.74, 6) is -0.928. The molecular formula is C22H25N5O5. The fourth-order valence-corrected chi connectivity index (χ4v) is 4.79. The minimum absolute atomic E-state index is 0.0837. The molecule has 3 amide bonds. The van der Waals surface area contributed by atoms with Gasteiger partial charge in [0.15, 0.2) is 0 Å². The third kappa shape index (κ3) is 3.69. The zero-order chi connectivity index (χ0) is 22.3. The van der Waals surface area contributed by atoms with Crippen molar-refractivity contribution in [1.29, 1.82) is 0 Å². The van der Waals surface area contributed by atoms with Crippen molar-refractivity contribution in [2.24, 2.45) is 5.41 Å². The zero-order valence-corrected chi connectivity index (χ0v) is 17.6. The Bertz CT molecular complexity index is 1070. The Morgan fingerprint density at radius 3 is 2.78 bits per heavy atom. The molecule has 3 aliphatic rings. The van der Waals surface area contributed by atoms with Gasteiger partial charge in [-0.25, -0.2) is 4.68 Å². The average molecular weight is 439 g/mol. The molecule has 0 aliphatic carbocycles. The number of aliphatic hydroxyl groups excluding tert-OH is 1. The SMILES string of the molecule is O=C1CCC(N2Cc3cc(-n4cc(CC5(CO)CCOCC5)nn4)ccc3C2=O)C(=O)N1. The van der Waals surface area contributed by atoms with E-state index < -0.39 is 11.9 Å². The van der Waals surface area contributed by atoms with E-state index in [9.17, 15) is 19.5 Å². The molecule has 3 aliphatic heterocycles. The van der Waals surface area contributed by atoms with Crippen molar-refractivity contribution in [3.05, 3.63) is 41.2 Å². The molecule has 0 spiro atoms. The third-order valence-electron chi connectivity index (χ3n) is 6.76. The first-order chi connectivity index (χ1) is 15.5. The number of aliphatic hydroxyl groups is 1. The molecule has 1 atom stereocenters. The molecule has 0 saturated carbocycles. The summed E-state index contributed by atoms with van der Waals surface area (Å²) < 4.78 is 7.09. The quantitative estimate of drug-likeness (QED) is 0.644. The lowest BCUT2D eigenvalue weighted by atomic mass is 9.77. The molecule has 10 heteroatoms. The summed E-state index contributed by atoms with van der Waals surface area (Å²) in [5, 5.41) is 20.8. The lowest BCUT2D eigenvalue weighted by Crippen LogP contribution is -2.52. The average Bonchev–Trinajstić information content (AvgIpc) is 3.38. The number of nitrogens with zero attached hydrogens (tertiary/aromatic N) is 4. The highest BCUT2D eigenvalue weighted by atomic mass is 16.5. The van der Waals surface area contributed by atoms with Crippen LogP contribution in [0.1, 0.15) is 47.3 Å². The number of nitrogens with one attached hydrogen (secondary N) is 1. The summed E-state index contributed by atoms with van der Waals surface area (Å²) in [6, 6.07) is 4.80. The summed E-state index contributed by atoms with van der Waals surface area (Å²) in [4.78, 5) is 38.0. The van der Waals surface area contributed by atoms with Crippen molar-refractivity contribution in [1.82, 2.24) is 25.2 Å². The summed E-state index contributed by atoms with van der Waals surface area (Å²) in [6.07, 6.45) is 4.61.